The Bertz CT molecular complexity index is 1610. The van der Waals surface area contributed by atoms with E-state index in [1.165, 1.54) is 47.7 Å². The minimum atomic E-state index is -4.77. The van der Waals surface area contributed by atoms with Crippen molar-refractivity contribution in [2.45, 2.75) is 44.5 Å². The van der Waals surface area contributed by atoms with Crippen molar-refractivity contribution in [2.24, 2.45) is 0 Å². The molecule has 2 amide bonds. The molecule has 0 unspecified atom stereocenters. The number of aromatic nitrogens is 1. The molecule has 4 aromatic rings. The topological polar surface area (TPSA) is 71.5 Å². The number of carbonyl (C=O) groups is 2. The third kappa shape index (κ3) is 7.60. The summed E-state index contributed by atoms with van der Waals surface area (Å²) in [4.78, 5) is 32.4. The lowest BCUT2D eigenvalue weighted by Crippen LogP contribution is -2.38. The van der Waals surface area contributed by atoms with Crippen molar-refractivity contribution in [1.82, 2.24) is 15.2 Å². The minimum absolute atomic E-state index is 0.0743. The van der Waals surface area contributed by atoms with E-state index in [2.05, 4.69) is 15.0 Å². The van der Waals surface area contributed by atoms with Crippen LogP contribution in [-0.2, 0) is 12.5 Å². The molecular weight excluding hydrogens is 601 g/mol. The zero-order valence-corrected chi connectivity index (χ0v) is 24.4. The van der Waals surface area contributed by atoms with E-state index in [9.17, 15) is 31.5 Å². The van der Waals surface area contributed by atoms with E-state index in [1.807, 2.05) is 0 Å². The van der Waals surface area contributed by atoms with Crippen LogP contribution in [0.15, 0.2) is 78.2 Å². The van der Waals surface area contributed by atoms with Crippen LogP contribution in [0, 0.1) is 0 Å². The minimum Gasteiger partial charge on any atom is -0.406 e. The van der Waals surface area contributed by atoms with Gasteiger partial charge in [-0.1, -0.05) is 54.6 Å². The first kappa shape index (κ1) is 31.1. The molecule has 230 valence electrons. The summed E-state index contributed by atoms with van der Waals surface area (Å²) in [5, 5.41) is 5.18. The summed E-state index contributed by atoms with van der Waals surface area (Å²) in [5.41, 5.74) is 2.60. The van der Waals surface area contributed by atoms with Crippen LogP contribution in [0.1, 0.15) is 62.7 Å². The number of piperidine rings is 1. The summed E-state index contributed by atoms with van der Waals surface area (Å²) in [5.74, 6) is -3.76. The second kappa shape index (κ2) is 12.7. The number of amides is 2. The SMILES string of the molecule is CC(F)(F)c1ccc(-c2ccccc2C(=O)N2CCC(c3nc(C(=O)NCc4ccc(OC(F)(F)F)cc4)cs3)CC2)cc1. The quantitative estimate of drug-likeness (QED) is 0.202. The van der Waals surface area contributed by atoms with Gasteiger partial charge in [-0.25, -0.2) is 13.8 Å². The second-order valence-electron chi connectivity index (χ2n) is 10.5. The second-order valence-corrected chi connectivity index (χ2v) is 11.4. The van der Waals surface area contributed by atoms with E-state index in [1.54, 1.807) is 46.7 Å². The van der Waals surface area contributed by atoms with Gasteiger partial charge in [0, 0.05) is 49.0 Å². The molecule has 44 heavy (non-hydrogen) atoms. The van der Waals surface area contributed by atoms with Gasteiger partial charge in [0.25, 0.3) is 17.7 Å². The Morgan fingerprint density at radius 1 is 0.955 bits per heavy atom. The lowest BCUT2D eigenvalue weighted by molar-refractivity contribution is -0.274. The van der Waals surface area contributed by atoms with E-state index >= 15 is 0 Å². The van der Waals surface area contributed by atoms with Gasteiger partial charge in [-0.3, -0.25) is 9.59 Å². The molecule has 0 spiro atoms. The predicted octanol–water partition coefficient (Wildman–Crippen LogP) is 7.77. The number of nitrogens with zero attached hydrogens (tertiary/aromatic N) is 2. The molecule has 0 atom stereocenters. The third-order valence-corrected chi connectivity index (χ3v) is 8.36. The smallest absolute Gasteiger partial charge is 0.406 e. The summed E-state index contributed by atoms with van der Waals surface area (Å²) >= 11 is 1.37. The Labute approximate surface area is 254 Å². The van der Waals surface area contributed by atoms with Crippen molar-refractivity contribution in [2.75, 3.05) is 13.1 Å². The van der Waals surface area contributed by atoms with Crippen molar-refractivity contribution >= 4 is 23.2 Å². The molecule has 5 rings (SSSR count). The standard InChI is InChI=1S/C32H28F5N3O3S/c1-31(33,34)23-10-8-21(9-11-23)25-4-2-3-5-26(25)30(42)40-16-14-22(15-17-40)29-39-27(19-44-29)28(41)38-18-20-6-12-24(13-7-20)43-32(35,36)37/h2-13,19,22H,14-18H2,1H3,(H,38,41). The van der Waals surface area contributed by atoms with Gasteiger partial charge in [0.2, 0.25) is 0 Å². The maximum absolute atomic E-state index is 13.7. The van der Waals surface area contributed by atoms with Gasteiger partial charge in [-0.15, -0.1) is 24.5 Å². The molecule has 12 heteroatoms. The zero-order valence-electron chi connectivity index (χ0n) is 23.5. The number of hydrogen-bond donors (Lipinski definition) is 1. The van der Waals surface area contributed by atoms with Gasteiger partial charge in [0.15, 0.2) is 0 Å². The van der Waals surface area contributed by atoms with Gasteiger partial charge in [0.05, 0.1) is 5.01 Å². The highest BCUT2D eigenvalue weighted by Gasteiger charge is 2.31. The van der Waals surface area contributed by atoms with Gasteiger partial charge in [-0.05, 0) is 47.7 Å². The average Bonchev–Trinajstić information content (AvgIpc) is 3.50. The van der Waals surface area contributed by atoms with Gasteiger partial charge in [-0.2, -0.15) is 0 Å². The summed E-state index contributed by atoms with van der Waals surface area (Å²) < 4.78 is 68.2. The molecule has 3 aromatic carbocycles. The van der Waals surface area contributed by atoms with Crippen LogP contribution in [0.2, 0.25) is 0 Å². The summed E-state index contributed by atoms with van der Waals surface area (Å²) in [6.07, 6.45) is -3.45. The monoisotopic (exact) mass is 629 g/mol. The van der Waals surface area contributed by atoms with Crippen molar-refractivity contribution < 1.29 is 36.3 Å². The van der Waals surface area contributed by atoms with Crippen LogP contribution >= 0.6 is 11.3 Å². The van der Waals surface area contributed by atoms with E-state index in [0.29, 0.717) is 48.2 Å². The normalized spacial score (nSPS) is 14.4. The lowest BCUT2D eigenvalue weighted by Gasteiger charge is -2.31. The Morgan fingerprint density at radius 3 is 2.25 bits per heavy atom. The number of hydrogen-bond acceptors (Lipinski definition) is 5. The number of carbonyl (C=O) groups excluding carboxylic acids is 2. The molecule has 6 nitrogen and oxygen atoms in total. The fourth-order valence-electron chi connectivity index (χ4n) is 5.02. The maximum Gasteiger partial charge on any atom is 0.573 e. The van der Waals surface area contributed by atoms with Gasteiger partial charge in [0.1, 0.15) is 11.4 Å². The molecule has 1 aromatic heterocycles. The number of benzene rings is 3. The first-order valence-corrected chi connectivity index (χ1v) is 14.7. The molecule has 1 N–H and O–H groups in total. The van der Waals surface area contributed by atoms with E-state index in [4.69, 9.17) is 0 Å². The fourth-order valence-corrected chi connectivity index (χ4v) is 6.00. The lowest BCUT2D eigenvalue weighted by atomic mass is 9.94. The molecule has 0 aliphatic carbocycles. The van der Waals surface area contributed by atoms with Crippen LogP contribution in [0.4, 0.5) is 22.0 Å². The van der Waals surface area contributed by atoms with Crippen LogP contribution in [0.5, 0.6) is 5.75 Å². The highest BCUT2D eigenvalue weighted by molar-refractivity contribution is 7.09. The molecule has 0 bridgehead atoms. The average molecular weight is 630 g/mol. The molecule has 0 radical (unpaired) electrons. The predicted molar refractivity (Wildman–Crippen MR) is 156 cm³/mol. The zero-order chi connectivity index (χ0) is 31.5. The number of thiazole rings is 1. The number of nitrogens with one attached hydrogen (secondary N) is 1. The van der Waals surface area contributed by atoms with Crippen LogP contribution in [0.3, 0.4) is 0 Å². The molecule has 1 saturated heterocycles. The van der Waals surface area contributed by atoms with Crippen LogP contribution in [0.25, 0.3) is 11.1 Å². The highest BCUT2D eigenvalue weighted by Crippen LogP contribution is 2.34. The van der Waals surface area contributed by atoms with Crippen LogP contribution in [-0.4, -0.2) is 41.2 Å². The summed E-state index contributed by atoms with van der Waals surface area (Å²) in [6.45, 7) is 1.94. The molecular formula is C32H28F5N3O3S. The fraction of sp³-hybridized carbons (Fsp3) is 0.281. The van der Waals surface area contributed by atoms with E-state index < -0.39 is 18.2 Å². The van der Waals surface area contributed by atoms with Crippen molar-refractivity contribution in [3.8, 4) is 16.9 Å². The van der Waals surface area contributed by atoms with Crippen molar-refractivity contribution in [3.05, 3.63) is 106 Å². The third-order valence-electron chi connectivity index (χ3n) is 7.36. The van der Waals surface area contributed by atoms with Crippen LogP contribution < -0.4 is 10.1 Å². The van der Waals surface area contributed by atoms with Crippen molar-refractivity contribution in [1.29, 1.82) is 0 Å². The summed E-state index contributed by atoms with van der Waals surface area (Å²) in [6, 6.07) is 18.3. The van der Waals surface area contributed by atoms with Crippen molar-refractivity contribution in [3.63, 3.8) is 0 Å². The van der Waals surface area contributed by atoms with Gasteiger partial charge >= 0.3 is 6.36 Å². The highest BCUT2D eigenvalue weighted by atomic mass is 32.1. The molecule has 2 heterocycles. The Morgan fingerprint density at radius 2 is 1.61 bits per heavy atom. The molecule has 1 fully saturated rings. The Hall–Kier alpha value is -4.32. The molecule has 1 aliphatic rings. The van der Waals surface area contributed by atoms with E-state index in [-0.39, 0.29) is 35.4 Å². The molecule has 0 saturated carbocycles. The first-order valence-electron chi connectivity index (χ1n) is 13.8. The number of halogens is 5. The first-order chi connectivity index (χ1) is 20.9. The maximum atomic E-state index is 13.7. The van der Waals surface area contributed by atoms with E-state index in [0.717, 1.165) is 11.9 Å². The number of alkyl halides is 5. The summed E-state index contributed by atoms with van der Waals surface area (Å²) in [7, 11) is 0. The van der Waals surface area contributed by atoms with Gasteiger partial charge < -0.3 is 15.0 Å². The number of likely N-dealkylation sites (tertiary alicyclic amines) is 1. The Kier molecular flexibility index (Phi) is 9.00. The number of ether oxygens (including phenoxy) is 1. The number of rotatable bonds is 8. The Balaban J connectivity index is 1.16. The molecule has 1 aliphatic heterocycles. The largest absolute Gasteiger partial charge is 0.573 e.